The summed E-state index contributed by atoms with van der Waals surface area (Å²) < 4.78 is 19.3. The molecule has 10 heavy (non-hydrogen) atoms. The molecule has 0 aromatic rings. The van der Waals surface area contributed by atoms with E-state index in [0.29, 0.717) is 5.92 Å². The van der Waals surface area contributed by atoms with Gasteiger partial charge in [0.1, 0.15) is 0 Å². The van der Waals surface area contributed by atoms with Gasteiger partial charge in [0.05, 0.1) is 5.25 Å². The number of rotatable bonds is 4. The molecule has 0 aliphatic heterocycles. The Morgan fingerprint density at radius 2 is 1.80 bits per heavy atom. The summed E-state index contributed by atoms with van der Waals surface area (Å²) in [7, 11) is 0. The highest BCUT2D eigenvalue weighted by atomic mass is 32.2. The second kappa shape index (κ2) is 4.85. The summed E-state index contributed by atoms with van der Waals surface area (Å²) in [5.41, 5.74) is 0. The summed E-state index contributed by atoms with van der Waals surface area (Å²) in [6.07, 6.45) is 1.98. The normalized spacial score (nSPS) is 17.3. The maximum Gasteiger partial charge on any atom is 0.155 e. The minimum Gasteiger partial charge on any atom is -0.306 e. The second-order valence-corrected chi connectivity index (χ2v) is 3.85. The Hall–Kier alpha value is 0.110. The molecule has 1 N–H and O–H groups in total. The maximum atomic E-state index is 10.6. The first-order chi connectivity index (χ1) is 4.63. The van der Waals surface area contributed by atoms with Crippen LogP contribution in [0.2, 0.25) is 0 Å². The molecule has 62 valence electrons. The van der Waals surface area contributed by atoms with Crippen LogP contribution in [0.25, 0.3) is 0 Å². The summed E-state index contributed by atoms with van der Waals surface area (Å²) >= 11 is -1.64. The highest BCUT2D eigenvalue weighted by Crippen LogP contribution is 2.16. The molecule has 0 spiro atoms. The van der Waals surface area contributed by atoms with Crippen molar-refractivity contribution in [2.75, 3.05) is 0 Å². The Balaban J connectivity index is 3.88. The third-order valence-corrected chi connectivity index (χ3v) is 3.05. The molecule has 0 radical (unpaired) electrons. The quantitative estimate of drug-likeness (QED) is 0.645. The Kier molecular flexibility index (Phi) is 4.91. The van der Waals surface area contributed by atoms with E-state index in [1.165, 1.54) is 0 Å². The Labute approximate surface area is 65.3 Å². The monoisotopic (exact) mass is 164 g/mol. The van der Waals surface area contributed by atoms with Gasteiger partial charge < -0.3 is 4.55 Å². The fraction of sp³-hybridized carbons (Fsp3) is 1.00. The molecule has 2 unspecified atom stereocenters. The average molecular weight is 164 g/mol. The summed E-state index contributed by atoms with van der Waals surface area (Å²) in [4.78, 5) is 0. The zero-order chi connectivity index (χ0) is 8.15. The molecule has 0 bridgehead atoms. The molecule has 0 saturated heterocycles. The van der Waals surface area contributed by atoms with Crippen LogP contribution in [0.15, 0.2) is 0 Å². The number of hydrogen-bond acceptors (Lipinski definition) is 1. The van der Waals surface area contributed by atoms with Crippen molar-refractivity contribution in [1.82, 2.24) is 0 Å². The predicted octanol–water partition coefficient (Wildman–Crippen LogP) is 2.03. The minimum atomic E-state index is -1.64. The first kappa shape index (κ1) is 10.1. The fourth-order valence-corrected chi connectivity index (χ4v) is 1.83. The SMILES string of the molecule is CCC(CC)C(C)S(=O)O. The van der Waals surface area contributed by atoms with Crippen LogP contribution in [0.4, 0.5) is 0 Å². The molecule has 2 nitrogen and oxygen atoms in total. The van der Waals surface area contributed by atoms with E-state index in [4.69, 9.17) is 4.55 Å². The van der Waals surface area contributed by atoms with Crippen LogP contribution in [0.5, 0.6) is 0 Å². The van der Waals surface area contributed by atoms with Crippen molar-refractivity contribution < 1.29 is 8.76 Å². The van der Waals surface area contributed by atoms with E-state index in [1.807, 2.05) is 6.92 Å². The summed E-state index contributed by atoms with van der Waals surface area (Å²) in [6.45, 7) is 5.93. The molecule has 3 heteroatoms. The van der Waals surface area contributed by atoms with Crippen molar-refractivity contribution in [3.8, 4) is 0 Å². The molecular formula is C7H16O2S. The molecule has 0 rings (SSSR count). The minimum absolute atomic E-state index is 0.0741. The van der Waals surface area contributed by atoms with Crippen LogP contribution in [-0.4, -0.2) is 14.0 Å². The van der Waals surface area contributed by atoms with Crippen molar-refractivity contribution in [3.05, 3.63) is 0 Å². The first-order valence-electron chi connectivity index (χ1n) is 3.73. The van der Waals surface area contributed by atoms with Crippen LogP contribution in [0.3, 0.4) is 0 Å². The van der Waals surface area contributed by atoms with Gasteiger partial charge in [0.25, 0.3) is 0 Å². The van der Waals surface area contributed by atoms with E-state index >= 15 is 0 Å². The smallest absolute Gasteiger partial charge is 0.155 e. The van der Waals surface area contributed by atoms with Gasteiger partial charge in [-0.2, -0.15) is 0 Å². The van der Waals surface area contributed by atoms with Gasteiger partial charge in [-0.15, -0.1) is 0 Å². The van der Waals surface area contributed by atoms with Gasteiger partial charge in [-0.25, -0.2) is 4.21 Å². The Bertz CT molecular complexity index is 110. The van der Waals surface area contributed by atoms with Crippen molar-refractivity contribution >= 4 is 11.1 Å². The maximum absolute atomic E-state index is 10.6. The van der Waals surface area contributed by atoms with Gasteiger partial charge in [-0.1, -0.05) is 26.7 Å². The zero-order valence-corrected chi connectivity index (χ0v) is 7.65. The van der Waals surface area contributed by atoms with E-state index < -0.39 is 11.1 Å². The lowest BCUT2D eigenvalue weighted by Gasteiger charge is -2.16. The van der Waals surface area contributed by atoms with Crippen LogP contribution >= 0.6 is 0 Å². The Morgan fingerprint density at radius 1 is 1.40 bits per heavy atom. The van der Waals surface area contributed by atoms with Gasteiger partial charge in [0.2, 0.25) is 0 Å². The van der Waals surface area contributed by atoms with Gasteiger partial charge >= 0.3 is 0 Å². The predicted molar refractivity (Wildman–Crippen MR) is 44.3 cm³/mol. The van der Waals surface area contributed by atoms with E-state index in [1.54, 1.807) is 0 Å². The van der Waals surface area contributed by atoms with Gasteiger partial charge in [0.15, 0.2) is 11.1 Å². The van der Waals surface area contributed by atoms with Crippen molar-refractivity contribution in [3.63, 3.8) is 0 Å². The molecule has 0 fully saturated rings. The Morgan fingerprint density at radius 3 is 1.90 bits per heavy atom. The standard InChI is InChI=1S/C7H16O2S/c1-4-7(5-2)6(3)10(8)9/h6-7H,4-5H2,1-3H3,(H,8,9). The molecule has 0 aliphatic carbocycles. The van der Waals surface area contributed by atoms with Crippen LogP contribution < -0.4 is 0 Å². The average Bonchev–Trinajstić information content (AvgIpc) is 1.90. The van der Waals surface area contributed by atoms with E-state index in [0.717, 1.165) is 12.8 Å². The van der Waals surface area contributed by atoms with Crippen molar-refractivity contribution in [2.45, 2.75) is 38.9 Å². The zero-order valence-electron chi connectivity index (χ0n) is 6.83. The van der Waals surface area contributed by atoms with Crippen molar-refractivity contribution in [2.24, 2.45) is 5.92 Å². The van der Waals surface area contributed by atoms with E-state index in [-0.39, 0.29) is 5.25 Å². The molecule has 0 heterocycles. The van der Waals surface area contributed by atoms with E-state index in [2.05, 4.69) is 13.8 Å². The van der Waals surface area contributed by atoms with Gasteiger partial charge in [-0.05, 0) is 12.8 Å². The topological polar surface area (TPSA) is 37.3 Å². The molecule has 2 atom stereocenters. The largest absolute Gasteiger partial charge is 0.306 e. The lowest BCUT2D eigenvalue weighted by molar-refractivity contribution is 0.452. The molecule has 0 amide bonds. The highest BCUT2D eigenvalue weighted by Gasteiger charge is 2.17. The van der Waals surface area contributed by atoms with Crippen LogP contribution in [0.1, 0.15) is 33.6 Å². The lowest BCUT2D eigenvalue weighted by atomic mass is 10.0. The molecule has 0 aliphatic rings. The fourth-order valence-electron chi connectivity index (χ4n) is 1.12. The van der Waals surface area contributed by atoms with Crippen LogP contribution in [-0.2, 0) is 11.1 Å². The number of hydrogen-bond donors (Lipinski definition) is 1. The van der Waals surface area contributed by atoms with Gasteiger partial charge in [-0.3, -0.25) is 0 Å². The molecule has 0 saturated carbocycles. The molecular weight excluding hydrogens is 148 g/mol. The van der Waals surface area contributed by atoms with Crippen molar-refractivity contribution in [1.29, 1.82) is 0 Å². The summed E-state index contributed by atoms with van der Waals surface area (Å²) in [5.74, 6) is 0.394. The molecule has 0 aromatic carbocycles. The third-order valence-electron chi connectivity index (χ3n) is 2.03. The summed E-state index contributed by atoms with van der Waals surface area (Å²) in [5, 5.41) is -0.0741. The summed E-state index contributed by atoms with van der Waals surface area (Å²) in [6, 6.07) is 0. The van der Waals surface area contributed by atoms with Gasteiger partial charge in [0, 0.05) is 0 Å². The third kappa shape index (κ3) is 2.80. The van der Waals surface area contributed by atoms with E-state index in [9.17, 15) is 4.21 Å². The lowest BCUT2D eigenvalue weighted by Crippen LogP contribution is -2.20. The second-order valence-electron chi connectivity index (χ2n) is 2.56. The highest BCUT2D eigenvalue weighted by molar-refractivity contribution is 7.79. The van der Waals surface area contributed by atoms with Crippen LogP contribution in [0, 0.1) is 5.92 Å². The molecule has 0 aromatic heterocycles. The first-order valence-corrected chi connectivity index (χ1v) is 4.90.